The van der Waals surface area contributed by atoms with Crippen LogP contribution in [0, 0.1) is 22.2 Å². The van der Waals surface area contributed by atoms with E-state index in [1.807, 2.05) is 0 Å². The molecule has 0 aliphatic rings. The quantitative estimate of drug-likeness (QED) is 0.0569. The third-order valence-electron chi connectivity index (χ3n) is 14.3. The van der Waals surface area contributed by atoms with Gasteiger partial charge in [-0.15, -0.1) is 34.3 Å². The number of hydrogen-bond donors (Lipinski definition) is 0. The maximum atomic E-state index is 7.04. The van der Waals surface area contributed by atoms with Crippen molar-refractivity contribution >= 4 is 34.3 Å². The number of hydrogen-bond acceptors (Lipinski definition) is 3. The van der Waals surface area contributed by atoms with Crippen LogP contribution in [0.2, 0.25) is 0 Å². The lowest BCUT2D eigenvalue weighted by atomic mass is 9.75. The zero-order valence-electron chi connectivity index (χ0n) is 44.3. The fraction of sp³-hybridized carbons (Fsp3) is 1.00. The Kier molecular flexibility index (Phi) is 45.0. The highest BCUT2D eigenvalue weighted by Gasteiger charge is 2.32. The largest absolute Gasteiger partial charge is 0.381 e. The Labute approximate surface area is 399 Å². The van der Waals surface area contributed by atoms with Crippen LogP contribution in [0.1, 0.15) is 243 Å². The van der Waals surface area contributed by atoms with Gasteiger partial charge in [0.15, 0.2) is 0 Å². The Morgan fingerprint density at radius 1 is 0.355 bits per heavy atom. The molecule has 0 aromatic rings. The minimum atomic E-state index is 0.378. The van der Waals surface area contributed by atoms with Crippen molar-refractivity contribution in [3.8, 4) is 0 Å². The summed E-state index contributed by atoms with van der Waals surface area (Å²) in [4.78, 5) is 0. The van der Waals surface area contributed by atoms with Crippen molar-refractivity contribution in [2.24, 2.45) is 22.2 Å². The Balaban J connectivity index is 6.05. The van der Waals surface area contributed by atoms with Gasteiger partial charge in [-0.05, 0) is 117 Å². The number of ether oxygens (including phenoxy) is 3. The van der Waals surface area contributed by atoms with Crippen LogP contribution < -0.4 is 0 Å². The first-order chi connectivity index (χ1) is 30.2. The lowest BCUT2D eigenvalue weighted by Crippen LogP contribution is -2.30. The van der Waals surface area contributed by atoms with Gasteiger partial charge in [0.2, 0.25) is 0 Å². The van der Waals surface area contributed by atoms with E-state index in [-0.39, 0.29) is 0 Å². The summed E-state index contributed by atoms with van der Waals surface area (Å²) >= 11 is 0. The lowest BCUT2D eigenvalue weighted by Gasteiger charge is -2.35. The predicted molar refractivity (Wildman–Crippen MR) is 296 cm³/mol. The molecule has 0 heterocycles. The van der Waals surface area contributed by atoms with Crippen molar-refractivity contribution in [3.05, 3.63) is 0 Å². The highest BCUT2D eigenvalue weighted by molar-refractivity contribution is 7.45. The molecule has 3 nitrogen and oxygen atoms in total. The molecule has 0 aromatic heterocycles. The van der Waals surface area contributed by atoms with Crippen molar-refractivity contribution in [2.45, 2.75) is 254 Å². The zero-order chi connectivity index (χ0) is 46.1. The van der Waals surface area contributed by atoms with E-state index in [0.717, 1.165) is 74.0 Å². The molecule has 0 spiro atoms. The van der Waals surface area contributed by atoms with Crippen LogP contribution in [0.5, 0.6) is 0 Å². The first-order valence-electron chi connectivity index (χ1n) is 27.7. The summed E-state index contributed by atoms with van der Waals surface area (Å²) in [5, 5.41) is 0. The van der Waals surface area contributed by atoms with Crippen LogP contribution in [0.15, 0.2) is 0 Å². The second-order valence-electron chi connectivity index (χ2n) is 20.4. The van der Waals surface area contributed by atoms with E-state index < -0.39 is 0 Å². The summed E-state index contributed by atoms with van der Waals surface area (Å²) in [7, 11) is 4.03. The third kappa shape index (κ3) is 31.6. The molecule has 0 fully saturated rings. The molecule has 374 valence electrons. The Hall–Kier alpha value is 1.60. The Bertz CT molecular complexity index is 856. The van der Waals surface area contributed by atoms with Crippen molar-refractivity contribution in [1.82, 2.24) is 0 Å². The normalized spacial score (nSPS) is 15.0. The van der Waals surface area contributed by atoms with Crippen LogP contribution in [-0.4, -0.2) is 88.4 Å². The van der Waals surface area contributed by atoms with Crippen LogP contribution >= 0.6 is 34.3 Å². The van der Waals surface area contributed by atoms with E-state index in [0.29, 0.717) is 33.5 Å². The summed E-state index contributed by atoms with van der Waals surface area (Å²) in [6, 6.07) is 0. The van der Waals surface area contributed by atoms with Crippen molar-refractivity contribution in [1.29, 1.82) is 0 Å². The average Bonchev–Trinajstić information content (AvgIpc) is 3.29. The maximum Gasteiger partial charge on any atom is 0.0534 e. The van der Waals surface area contributed by atoms with Gasteiger partial charge in [-0.2, -0.15) is 0 Å². The van der Waals surface area contributed by atoms with Crippen molar-refractivity contribution < 1.29 is 14.2 Å². The molecule has 62 heavy (non-hydrogen) atoms. The molecule has 0 bridgehead atoms. The van der Waals surface area contributed by atoms with E-state index >= 15 is 0 Å². The molecule has 0 saturated carbocycles. The number of rotatable bonds is 50. The first kappa shape index (κ1) is 63.6. The molecule has 0 saturated heterocycles. The molecule has 0 aliphatic heterocycles. The summed E-state index contributed by atoms with van der Waals surface area (Å²) in [5.41, 5.74) is 2.55. The van der Waals surface area contributed by atoms with Gasteiger partial charge in [-0.3, -0.25) is 0 Å². The molecular formula is C55H116O3P4. The van der Waals surface area contributed by atoms with Gasteiger partial charge in [0.1, 0.15) is 0 Å². The van der Waals surface area contributed by atoms with Gasteiger partial charge in [-0.25, -0.2) is 0 Å². The van der Waals surface area contributed by atoms with Gasteiger partial charge in [0.05, 0.1) is 39.6 Å². The van der Waals surface area contributed by atoms with Gasteiger partial charge in [0, 0.05) is 11.3 Å². The van der Waals surface area contributed by atoms with Gasteiger partial charge in [0.25, 0.3) is 0 Å². The maximum absolute atomic E-state index is 7.04. The lowest BCUT2D eigenvalue weighted by molar-refractivity contribution is 0.0123. The summed E-state index contributed by atoms with van der Waals surface area (Å²) in [5.74, 6) is 0.717. The smallest absolute Gasteiger partial charge is 0.0534 e. The first-order valence-corrected chi connectivity index (χ1v) is 33.4. The van der Waals surface area contributed by atoms with E-state index in [9.17, 15) is 0 Å². The summed E-state index contributed by atoms with van der Waals surface area (Å²) < 4.78 is 20.8. The van der Waals surface area contributed by atoms with E-state index in [4.69, 9.17) is 14.2 Å². The van der Waals surface area contributed by atoms with Gasteiger partial charge < -0.3 is 14.2 Å². The molecule has 7 atom stereocenters. The van der Waals surface area contributed by atoms with E-state index in [2.05, 4.69) is 75.9 Å². The Morgan fingerprint density at radius 3 is 0.968 bits per heavy atom. The SMILES string of the molecule is CCCCC(CCCC)(CCCC)COCC(CPCC)CPCC(COCC(CCCC)(CCCC)CCCC)PCC(COCC(CCCC)(CCCC)CCCC)PC. The van der Waals surface area contributed by atoms with Crippen LogP contribution in [0.4, 0.5) is 0 Å². The van der Waals surface area contributed by atoms with Crippen molar-refractivity contribution in [2.75, 3.05) is 77.1 Å². The molecule has 0 amide bonds. The van der Waals surface area contributed by atoms with Gasteiger partial charge in [-0.1, -0.05) is 185 Å². The van der Waals surface area contributed by atoms with Crippen LogP contribution in [0.25, 0.3) is 0 Å². The topological polar surface area (TPSA) is 27.7 Å². The van der Waals surface area contributed by atoms with Crippen LogP contribution in [0.3, 0.4) is 0 Å². The zero-order valence-corrected chi connectivity index (χ0v) is 48.3. The summed E-state index contributed by atoms with van der Waals surface area (Å²) in [6.45, 7) is 32.0. The Morgan fingerprint density at radius 2 is 0.661 bits per heavy atom. The third-order valence-corrected chi connectivity index (χ3v) is 21.0. The number of unbranched alkanes of at least 4 members (excludes halogenated alkanes) is 9. The second-order valence-corrected chi connectivity index (χ2v) is 26.4. The standard InChI is InChI=1S/C55H116O3P4/c1-12-22-31-53(32-23-13-2,33-24-14-3)47-56-40-50(43-60-21-10)44-61-45-52(42-58-49-55(37-28-18-7,38-29-19-8)39-30-20-9)62-46-51(59-11)41-57-48-54(34-25-15-4,35-26-16-5)36-27-17-6/h50-52,59-62H,12-49H2,1-11H3. The molecular weight excluding hydrogens is 832 g/mol. The molecule has 0 aliphatic carbocycles. The minimum absolute atomic E-state index is 0.378. The van der Waals surface area contributed by atoms with Crippen molar-refractivity contribution in [3.63, 3.8) is 0 Å². The molecule has 0 rings (SSSR count). The fourth-order valence-corrected chi connectivity index (χ4v) is 15.7. The predicted octanol–water partition coefficient (Wildman–Crippen LogP) is 18.4. The molecule has 0 aromatic carbocycles. The average molecular weight is 949 g/mol. The van der Waals surface area contributed by atoms with E-state index in [1.165, 1.54) is 204 Å². The van der Waals surface area contributed by atoms with E-state index in [1.54, 1.807) is 0 Å². The highest BCUT2D eigenvalue weighted by Crippen LogP contribution is 2.41. The molecule has 0 N–H and O–H groups in total. The van der Waals surface area contributed by atoms with Crippen LogP contribution in [-0.2, 0) is 14.2 Å². The molecule has 7 heteroatoms. The summed E-state index contributed by atoms with van der Waals surface area (Å²) in [6.07, 6.45) is 42.7. The second kappa shape index (κ2) is 43.9. The molecule has 7 unspecified atom stereocenters. The molecule has 0 radical (unpaired) electrons. The monoisotopic (exact) mass is 949 g/mol. The highest BCUT2D eigenvalue weighted by atomic mass is 31.1. The van der Waals surface area contributed by atoms with Gasteiger partial charge >= 0.3 is 0 Å². The fourth-order valence-electron chi connectivity index (χ4n) is 9.76. The minimum Gasteiger partial charge on any atom is -0.381 e.